The van der Waals surface area contributed by atoms with Gasteiger partial charge in [0.2, 0.25) is 5.78 Å². The maximum Gasteiger partial charge on any atom is 0.322 e. The second kappa shape index (κ2) is 14.6. The van der Waals surface area contributed by atoms with Crippen LogP contribution in [0.1, 0.15) is 58.8 Å². The lowest BCUT2D eigenvalue weighted by atomic mass is 10.1. The molecule has 2 aliphatic heterocycles. The number of ether oxygens (including phenoxy) is 2. The van der Waals surface area contributed by atoms with Crippen molar-refractivity contribution in [3.8, 4) is 0 Å². The fourth-order valence-corrected chi connectivity index (χ4v) is 2.06. The number of hydrogen-bond donors (Lipinski definition) is 0. The molecular formula is C16H28N2O4. The van der Waals surface area contributed by atoms with E-state index in [4.69, 9.17) is 15.0 Å². The third kappa shape index (κ3) is 15.0. The molecule has 126 valence electrons. The van der Waals surface area contributed by atoms with Crippen LogP contribution in [-0.2, 0) is 19.1 Å². The van der Waals surface area contributed by atoms with Gasteiger partial charge in [-0.15, -0.1) is 0 Å². The summed E-state index contributed by atoms with van der Waals surface area (Å²) in [5.74, 6) is -0.00981. The molecule has 0 bridgehead atoms. The molecule has 0 aromatic rings. The van der Waals surface area contributed by atoms with Gasteiger partial charge in [0, 0.05) is 33.2 Å². The van der Waals surface area contributed by atoms with Gasteiger partial charge >= 0.3 is 6.21 Å². The van der Waals surface area contributed by atoms with Gasteiger partial charge in [0.25, 0.3) is 0 Å². The Kier molecular flexibility index (Phi) is 13.7. The van der Waals surface area contributed by atoms with Crippen molar-refractivity contribution < 1.29 is 23.9 Å². The van der Waals surface area contributed by atoms with Crippen LogP contribution >= 0.6 is 0 Å². The number of Topliss-reactive ketones (excluding diaryl/α,β-unsaturated/α-hetero) is 2. The maximum atomic E-state index is 10.6. The van der Waals surface area contributed by atoms with Gasteiger partial charge in [-0.1, -0.05) is 0 Å². The lowest BCUT2D eigenvalue weighted by Gasteiger charge is -2.20. The fourth-order valence-electron chi connectivity index (χ4n) is 2.06. The predicted molar refractivity (Wildman–Crippen MR) is 83.9 cm³/mol. The lowest BCUT2D eigenvalue weighted by molar-refractivity contribution is -0.120. The van der Waals surface area contributed by atoms with Gasteiger partial charge in [-0.3, -0.25) is 9.59 Å². The lowest BCUT2D eigenvalue weighted by Crippen LogP contribution is -2.21. The molecule has 0 aromatic carbocycles. The van der Waals surface area contributed by atoms with Crippen molar-refractivity contribution in [1.82, 2.24) is 0 Å². The molecule has 0 radical (unpaired) electrons. The van der Waals surface area contributed by atoms with Crippen molar-refractivity contribution in [3.05, 3.63) is 5.53 Å². The van der Waals surface area contributed by atoms with E-state index in [0.717, 1.165) is 38.9 Å². The summed E-state index contributed by atoms with van der Waals surface area (Å²) >= 11 is 0. The van der Waals surface area contributed by atoms with Crippen LogP contribution in [0.25, 0.3) is 5.53 Å². The first-order valence-corrected chi connectivity index (χ1v) is 7.93. The largest absolute Gasteiger partial charge is 0.381 e. The third-order valence-electron chi connectivity index (χ3n) is 3.11. The molecule has 22 heavy (non-hydrogen) atoms. The SMILES string of the molecule is C1CCOCC1.CC(=O)C=[N+]=[N-].CC(=O)CC1CCCCO1. The summed E-state index contributed by atoms with van der Waals surface area (Å²) in [7, 11) is 0. The van der Waals surface area contributed by atoms with E-state index in [-0.39, 0.29) is 17.7 Å². The molecule has 6 heteroatoms. The smallest absolute Gasteiger partial charge is 0.322 e. The Bertz CT molecular complexity index is 344. The number of nitrogens with zero attached hydrogens (tertiary/aromatic N) is 2. The van der Waals surface area contributed by atoms with Crippen molar-refractivity contribution in [3.63, 3.8) is 0 Å². The highest BCUT2D eigenvalue weighted by molar-refractivity contribution is 6.23. The van der Waals surface area contributed by atoms with E-state index in [1.165, 1.54) is 32.6 Å². The highest BCUT2D eigenvalue weighted by Crippen LogP contribution is 2.15. The van der Waals surface area contributed by atoms with Gasteiger partial charge in [0.05, 0.1) is 6.10 Å². The molecule has 0 aliphatic carbocycles. The number of hydrogen-bond acceptors (Lipinski definition) is 4. The van der Waals surface area contributed by atoms with E-state index in [0.29, 0.717) is 6.42 Å². The topological polar surface area (TPSA) is 89.0 Å². The van der Waals surface area contributed by atoms with E-state index in [9.17, 15) is 9.59 Å². The zero-order valence-electron chi connectivity index (χ0n) is 13.8. The second-order valence-electron chi connectivity index (χ2n) is 5.42. The Morgan fingerprint density at radius 1 is 1.09 bits per heavy atom. The van der Waals surface area contributed by atoms with E-state index in [2.05, 4.69) is 4.79 Å². The van der Waals surface area contributed by atoms with E-state index in [1.807, 2.05) is 0 Å². The van der Waals surface area contributed by atoms with Crippen molar-refractivity contribution in [2.75, 3.05) is 19.8 Å². The summed E-state index contributed by atoms with van der Waals surface area (Å²) in [4.78, 5) is 22.8. The van der Waals surface area contributed by atoms with Crippen LogP contribution < -0.4 is 0 Å². The first-order valence-electron chi connectivity index (χ1n) is 7.93. The summed E-state index contributed by atoms with van der Waals surface area (Å²) in [6.07, 6.45) is 9.05. The quantitative estimate of drug-likeness (QED) is 0.455. The van der Waals surface area contributed by atoms with Crippen LogP contribution in [0.5, 0.6) is 0 Å². The molecule has 2 saturated heterocycles. The molecule has 2 heterocycles. The summed E-state index contributed by atoms with van der Waals surface area (Å²) in [6.45, 7) is 5.77. The Hall–Kier alpha value is -1.36. The zero-order valence-corrected chi connectivity index (χ0v) is 13.8. The van der Waals surface area contributed by atoms with Crippen molar-refractivity contribution in [1.29, 1.82) is 0 Å². The normalized spacial score (nSPS) is 20.2. The van der Waals surface area contributed by atoms with Crippen LogP contribution in [0.3, 0.4) is 0 Å². The van der Waals surface area contributed by atoms with Crippen molar-refractivity contribution in [2.24, 2.45) is 0 Å². The molecule has 2 aliphatic rings. The molecule has 0 N–H and O–H groups in total. The van der Waals surface area contributed by atoms with Gasteiger partial charge in [-0.2, -0.15) is 4.79 Å². The predicted octanol–water partition coefficient (Wildman–Crippen LogP) is 2.60. The molecule has 1 unspecified atom stereocenters. The number of rotatable bonds is 3. The number of ketones is 2. The van der Waals surface area contributed by atoms with Crippen LogP contribution in [0, 0.1) is 0 Å². The Morgan fingerprint density at radius 2 is 1.73 bits per heavy atom. The van der Waals surface area contributed by atoms with E-state index >= 15 is 0 Å². The molecule has 0 amide bonds. The number of carbonyl (C=O) groups is 2. The van der Waals surface area contributed by atoms with Gasteiger partial charge in [0.15, 0.2) is 0 Å². The molecule has 6 nitrogen and oxygen atoms in total. The molecule has 0 spiro atoms. The van der Waals surface area contributed by atoms with Gasteiger partial charge in [-0.25, -0.2) is 0 Å². The van der Waals surface area contributed by atoms with Gasteiger partial charge in [-0.05, 0) is 45.4 Å². The maximum absolute atomic E-state index is 10.6. The van der Waals surface area contributed by atoms with Crippen molar-refractivity contribution in [2.45, 2.75) is 64.9 Å². The monoisotopic (exact) mass is 312 g/mol. The van der Waals surface area contributed by atoms with Gasteiger partial charge in [0.1, 0.15) is 5.78 Å². The first-order chi connectivity index (χ1) is 10.6. The van der Waals surface area contributed by atoms with Gasteiger partial charge < -0.3 is 15.0 Å². The van der Waals surface area contributed by atoms with Crippen LogP contribution in [-0.4, -0.2) is 48.5 Å². The summed E-state index contributed by atoms with van der Waals surface area (Å²) < 4.78 is 10.4. The highest BCUT2D eigenvalue weighted by Gasteiger charge is 2.14. The van der Waals surface area contributed by atoms with Crippen molar-refractivity contribution >= 4 is 17.8 Å². The van der Waals surface area contributed by atoms with Crippen LogP contribution in [0.2, 0.25) is 0 Å². The fraction of sp³-hybridized carbons (Fsp3) is 0.812. The molecule has 2 fully saturated rings. The minimum Gasteiger partial charge on any atom is -0.381 e. The molecule has 0 aromatic heterocycles. The molecule has 0 saturated carbocycles. The third-order valence-corrected chi connectivity index (χ3v) is 3.11. The second-order valence-corrected chi connectivity index (χ2v) is 5.42. The molecule has 2 rings (SSSR count). The minimum absolute atomic E-state index is 0.228. The Labute approximate surface area is 132 Å². The molecular weight excluding hydrogens is 284 g/mol. The Morgan fingerprint density at radius 3 is 2.00 bits per heavy atom. The standard InChI is InChI=1S/C8H14O2.C5H10O.C3H4N2O/c1-7(9)6-8-4-2-3-5-10-8;1-2-4-6-5-3-1;1-3(6)2-5-4/h8H,2-6H2,1H3;1-5H2;2H,1H3. The Balaban J connectivity index is 0.000000319. The average Bonchev–Trinajstić information content (AvgIpc) is 2.50. The number of carbonyl (C=O) groups excluding carboxylic acids is 2. The van der Waals surface area contributed by atoms with E-state index in [1.54, 1.807) is 6.92 Å². The average molecular weight is 312 g/mol. The molecule has 1 atom stereocenters. The van der Waals surface area contributed by atoms with E-state index < -0.39 is 0 Å². The summed E-state index contributed by atoms with van der Waals surface area (Å²) in [6, 6.07) is 0. The minimum atomic E-state index is -0.252. The summed E-state index contributed by atoms with van der Waals surface area (Å²) in [5, 5.41) is 0. The van der Waals surface area contributed by atoms with Crippen LogP contribution in [0.15, 0.2) is 0 Å². The zero-order chi connectivity index (χ0) is 16.6. The first kappa shape index (κ1) is 20.6. The van der Waals surface area contributed by atoms with Crippen LogP contribution in [0.4, 0.5) is 0 Å². The highest BCUT2D eigenvalue weighted by atomic mass is 16.5. The summed E-state index contributed by atoms with van der Waals surface area (Å²) in [5.41, 5.74) is 7.59.